The van der Waals surface area contributed by atoms with Gasteiger partial charge in [0.1, 0.15) is 5.75 Å². The maximum absolute atomic E-state index is 12.3. The van der Waals surface area contributed by atoms with E-state index in [1.165, 1.54) is 25.5 Å². The molecule has 10 heteroatoms. The summed E-state index contributed by atoms with van der Waals surface area (Å²) < 4.78 is 34.4. The lowest BCUT2D eigenvalue weighted by molar-refractivity contribution is 0.0284. The van der Waals surface area contributed by atoms with Crippen LogP contribution in [0.25, 0.3) is 0 Å². The molecule has 0 unspecified atom stereocenters. The summed E-state index contributed by atoms with van der Waals surface area (Å²) >= 11 is 6.01. The summed E-state index contributed by atoms with van der Waals surface area (Å²) in [6.45, 7) is 1.82. The Hall–Kier alpha value is -2.62. The standard InChI is InChI=1S/C16H17ClN4O4S/c1-11-3-6-13(7-4-11)26(22,23)25-21(16(18)19)20-10-12-5-8-15(24-2)14(17)9-12/h3-10H,1-2H3,(H3,18,19). The summed E-state index contributed by atoms with van der Waals surface area (Å²) in [5.74, 6) is -0.234. The molecule has 2 rings (SSSR count). The number of nitrogens with zero attached hydrogens (tertiary/aromatic N) is 2. The summed E-state index contributed by atoms with van der Waals surface area (Å²) in [5, 5.41) is 12.0. The number of hydroxylamine groups is 1. The van der Waals surface area contributed by atoms with E-state index in [0.717, 1.165) is 5.56 Å². The third-order valence-electron chi connectivity index (χ3n) is 3.17. The van der Waals surface area contributed by atoms with E-state index >= 15 is 0 Å². The van der Waals surface area contributed by atoms with Gasteiger partial charge in [0.2, 0.25) is 5.96 Å². The van der Waals surface area contributed by atoms with Gasteiger partial charge in [-0.2, -0.15) is 8.42 Å². The predicted octanol–water partition coefficient (Wildman–Crippen LogP) is 2.51. The van der Waals surface area contributed by atoms with Crippen molar-refractivity contribution in [3.63, 3.8) is 0 Å². The lowest BCUT2D eigenvalue weighted by Gasteiger charge is -2.15. The lowest BCUT2D eigenvalue weighted by atomic mass is 10.2. The number of hydrazone groups is 1. The molecule has 0 aromatic heterocycles. The van der Waals surface area contributed by atoms with E-state index < -0.39 is 16.1 Å². The van der Waals surface area contributed by atoms with Crippen LogP contribution in [-0.4, -0.2) is 32.9 Å². The summed E-state index contributed by atoms with van der Waals surface area (Å²) in [7, 11) is -2.72. The fraction of sp³-hybridized carbons (Fsp3) is 0.125. The number of guanidine groups is 1. The first-order valence-corrected chi connectivity index (χ1v) is 9.04. The van der Waals surface area contributed by atoms with Gasteiger partial charge in [-0.05, 0) is 42.8 Å². The van der Waals surface area contributed by atoms with E-state index in [1.807, 2.05) is 6.92 Å². The van der Waals surface area contributed by atoms with Crippen LogP contribution in [0, 0.1) is 12.3 Å². The number of nitrogens with one attached hydrogen (secondary N) is 1. The van der Waals surface area contributed by atoms with Crippen molar-refractivity contribution in [2.45, 2.75) is 11.8 Å². The molecule has 2 aromatic rings. The van der Waals surface area contributed by atoms with Gasteiger partial charge in [0.05, 0.1) is 23.2 Å². The van der Waals surface area contributed by atoms with Crippen molar-refractivity contribution in [3.8, 4) is 5.75 Å². The highest BCUT2D eigenvalue weighted by Crippen LogP contribution is 2.24. The van der Waals surface area contributed by atoms with E-state index in [1.54, 1.807) is 30.3 Å². The Morgan fingerprint density at radius 3 is 2.46 bits per heavy atom. The summed E-state index contributed by atoms with van der Waals surface area (Å²) in [6, 6.07) is 10.8. The lowest BCUT2D eigenvalue weighted by Crippen LogP contribution is -2.34. The Labute approximate surface area is 156 Å². The van der Waals surface area contributed by atoms with Crippen molar-refractivity contribution in [2.24, 2.45) is 10.8 Å². The minimum Gasteiger partial charge on any atom is -0.495 e. The first kappa shape index (κ1) is 19.7. The van der Waals surface area contributed by atoms with Gasteiger partial charge in [-0.25, -0.2) is 0 Å². The second-order valence-corrected chi connectivity index (χ2v) is 7.07. The highest BCUT2D eigenvalue weighted by molar-refractivity contribution is 7.86. The van der Waals surface area contributed by atoms with E-state index in [4.69, 9.17) is 31.8 Å². The largest absolute Gasteiger partial charge is 0.495 e. The molecule has 3 N–H and O–H groups in total. The molecule has 0 heterocycles. The Morgan fingerprint density at radius 2 is 1.92 bits per heavy atom. The van der Waals surface area contributed by atoms with Crippen LogP contribution in [0.4, 0.5) is 0 Å². The number of benzene rings is 2. The fourth-order valence-electron chi connectivity index (χ4n) is 1.84. The van der Waals surface area contributed by atoms with Crippen LogP contribution < -0.4 is 10.5 Å². The van der Waals surface area contributed by atoms with Crippen LogP contribution in [0.1, 0.15) is 11.1 Å². The molecule has 0 aliphatic carbocycles. The first-order chi connectivity index (χ1) is 12.2. The molecule has 0 radical (unpaired) electrons. The molecule has 0 spiro atoms. The molecule has 8 nitrogen and oxygen atoms in total. The van der Waals surface area contributed by atoms with E-state index in [-0.39, 0.29) is 4.90 Å². The highest BCUT2D eigenvalue weighted by Gasteiger charge is 2.21. The summed E-state index contributed by atoms with van der Waals surface area (Å²) in [4.78, 5) is -0.0861. The zero-order chi connectivity index (χ0) is 19.3. The summed E-state index contributed by atoms with van der Waals surface area (Å²) in [5.41, 5.74) is 6.76. The topological polar surface area (TPSA) is 118 Å². The summed E-state index contributed by atoms with van der Waals surface area (Å²) in [6.07, 6.45) is 1.25. The van der Waals surface area contributed by atoms with Gasteiger partial charge in [-0.1, -0.05) is 34.5 Å². The minimum atomic E-state index is -4.20. The number of aryl methyl sites for hydroxylation is 1. The smallest absolute Gasteiger partial charge is 0.319 e. The second kappa shape index (κ2) is 8.17. The van der Waals surface area contributed by atoms with Crippen molar-refractivity contribution in [1.82, 2.24) is 5.17 Å². The van der Waals surface area contributed by atoms with Gasteiger partial charge < -0.3 is 10.5 Å². The van der Waals surface area contributed by atoms with Gasteiger partial charge in [-0.3, -0.25) is 5.41 Å². The molecule has 138 valence electrons. The Morgan fingerprint density at radius 1 is 1.27 bits per heavy atom. The Balaban J connectivity index is 2.22. The van der Waals surface area contributed by atoms with Crippen molar-refractivity contribution >= 4 is 33.9 Å². The van der Waals surface area contributed by atoms with Crippen molar-refractivity contribution in [1.29, 1.82) is 5.41 Å². The monoisotopic (exact) mass is 396 g/mol. The zero-order valence-electron chi connectivity index (χ0n) is 14.0. The Kier molecular flexibility index (Phi) is 6.19. The number of halogens is 1. The zero-order valence-corrected chi connectivity index (χ0v) is 15.6. The third kappa shape index (κ3) is 4.94. The van der Waals surface area contributed by atoms with Crippen molar-refractivity contribution in [3.05, 3.63) is 58.6 Å². The van der Waals surface area contributed by atoms with Gasteiger partial charge in [0.25, 0.3) is 0 Å². The van der Waals surface area contributed by atoms with Gasteiger partial charge in [0.15, 0.2) is 0 Å². The molecular formula is C16H17ClN4O4S. The van der Waals surface area contributed by atoms with Gasteiger partial charge >= 0.3 is 10.1 Å². The number of hydrogen-bond donors (Lipinski definition) is 2. The maximum atomic E-state index is 12.3. The first-order valence-electron chi connectivity index (χ1n) is 7.26. The van der Waals surface area contributed by atoms with Crippen LogP contribution in [-0.2, 0) is 14.4 Å². The molecule has 0 saturated heterocycles. The minimum absolute atomic E-state index is 0.0861. The number of ether oxygens (including phenoxy) is 1. The SMILES string of the molecule is COc1ccc(C=NN(OS(=O)(=O)c2ccc(C)cc2)C(=N)N)cc1Cl. The molecule has 0 bridgehead atoms. The Bertz CT molecular complexity index is 930. The number of hydrogen-bond acceptors (Lipinski definition) is 6. The average molecular weight is 397 g/mol. The quantitative estimate of drug-likeness (QED) is 0.440. The van der Waals surface area contributed by atoms with Gasteiger partial charge in [-0.15, -0.1) is 9.39 Å². The molecule has 2 aromatic carbocycles. The molecule has 0 aliphatic heterocycles. The third-order valence-corrected chi connectivity index (χ3v) is 4.65. The van der Waals surface area contributed by atoms with Gasteiger partial charge in [0, 0.05) is 0 Å². The van der Waals surface area contributed by atoms with E-state index in [9.17, 15) is 8.42 Å². The molecule has 0 amide bonds. The second-order valence-electron chi connectivity index (χ2n) is 5.14. The predicted molar refractivity (Wildman–Crippen MR) is 98.8 cm³/mol. The van der Waals surface area contributed by atoms with Crippen LogP contribution in [0.2, 0.25) is 5.02 Å². The molecular weight excluding hydrogens is 380 g/mol. The van der Waals surface area contributed by atoms with E-state index in [2.05, 4.69) is 5.10 Å². The van der Waals surface area contributed by atoms with Crippen LogP contribution >= 0.6 is 11.6 Å². The number of rotatable bonds is 6. The fourth-order valence-corrected chi connectivity index (χ4v) is 2.97. The van der Waals surface area contributed by atoms with Crippen molar-refractivity contribution < 1.29 is 17.4 Å². The normalized spacial score (nSPS) is 11.5. The highest BCUT2D eigenvalue weighted by atomic mass is 35.5. The maximum Gasteiger partial charge on any atom is 0.319 e. The van der Waals surface area contributed by atoms with Crippen molar-refractivity contribution in [2.75, 3.05) is 7.11 Å². The van der Waals surface area contributed by atoms with Crippen LogP contribution in [0.3, 0.4) is 0 Å². The number of nitrogens with two attached hydrogens (primary N) is 1. The number of methoxy groups -OCH3 is 1. The van der Waals surface area contributed by atoms with Crippen LogP contribution in [0.15, 0.2) is 52.5 Å². The molecule has 0 atom stereocenters. The van der Waals surface area contributed by atoms with E-state index in [0.29, 0.717) is 21.5 Å². The molecule has 0 saturated carbocycles. The van der Waals surface area contributed by atoms with Crippen LogP contribution in [0.5, 0.6) is 5.75 Å². The molecule has 26 heavy (non-hydrogen) atoms. The molecule has 0 fully saturated rings. The average Bonchev–Trinajstić information content (AvgIpc) is 2.59. The molecule has 0 aliphatic rings.